The molecule has 0 bridgehead atoms. The van der Waals surface area contributed by atoms with Crippen molar-refractivity contribution in [2.45, 2.75) is 19.9 Å². The van der Waals surface area contributed by atoms with Gasteiger partial charge in [-0.25, -0.2) is 4.68 Å². The predicted molar refractivity (Wildman–Crippen MR) is 80.3 cm³/mol. The second kappa shape index (κ2) is 5.93. The number of aromatic nitrogens is 3. The molecule has 5 nitrogen and oxygen atoms in total. The standard InChI is InChI=1S/C16H18N4O/c1-3-17-16(15-10-9-12(2)21-15)14-11-18-19-20(14)13-7-5-4-6-8-13/h4-11,16-17H,3H2,1-2H3. The molecule has 0 saturated carbocycles. The summed E-state index contributed by atoms with van der Waals surface area (Å²) in [6.45, 7) is 4.84. The van der Waals surface area contributed by atoms with Crippen LogP contribution in [-0.2, 0) is 0 Å². The Morgan fingerprint density at radius 2 is 2.00 bits per heavy atom. The topological polar surface area (TPSA) is 55.9 Å². The van der Waals surface area contributed by atoms with Crippen LogP contribution in [0.25, 0.3) is 5.69 Å². The van der Waals surface area contributed by atoms with Gasteiger partial charge in [0.15, 0.2) is 0 Å². The highest BCUT2D eigenvalue weighted by molar-refractivity contribution is 5.34. The van der Waals surface area contributed by atoms with E-state index in [0.29, 0.717) is 0 Å². The van der Waals surface area contributed by atoms with Crippen LogP contribution < -0.4 is 5.32 Å². The van der Waals surface area contributed by atoms with E-state index in [9.17, 15) is 0 Å². The molecule has 0 fully saturated rings. The Morgan fingerprint density at radius 3 is 2.67 bits per heavy atom. The van der Waals surface area contributed by atoms with Gasteiger partial charge in [0, 0.05) is 0 Å². The number of para-hydroxylation sites is 1. The highest BCUT2D eigenvalue weighted by Crippen LogP contribution is 2.25. The molecule has 2 aromatic heterocycles. The number of aryl methyl sites for hydroxylation is 1. The van der Waals surface area contributed by atoms with Gasteiger partial charge < -0.3 is 9.73 Å². The summed E-state index contributed by atoms with van der Waals surface area (Å²) >= 11 is 0. The molecule has 0 saturated heterocycles. The van der Waals surface area contributed by atoms with Gasteiger partial charge in [-0.1, -0.05) is 30.3 Å². The quantitative estimate of drug-likeness (QED) is 0.782. The summed E-state index contributed by atoms with van der Waals surface area (Å²) in [5, 5.41) is 11.7. The molecule has 1 unspecified atom stereocenters. The number of nitrogens with one attached hydrogen (secondary N) is 1. The lowest BCUT2D eigenvalue weighted by atomic mass is 10.1. The molecule has 0 radical (unpaired) electrons. The van der Waals surface area contributed by atoms with Gasteiger partial charge in [-0.15, -0.1) is 5.10 Å². The normalized spacial score (nSPS) is 12.5. The fraction of sp³-hybridized carbons (Fsp3) is 0.250. The minimum Gasteiger partial charge on any atom is -0.464 e. The number of benzene rings is 1. The maximum atomic E-state index is 5.78. The Morgan fingerprint density at radius 1 is 1.19 bits per heavy atom. The van der Waals surface area contributed by atoms with Crippen LogP contribution in [0, 0.1) is 6.92 Å². The predicted octanol–water partition coefficient (Wildman–Crippen LogP) is 2.87. The van der Waals surface area contributed by atoms with Crippen LogP contribution in [-0.4, -0.2) is 21.5 Å². The Bertz CT molecular complexity index is 702. The van der Waals surface area contributed by atoms with E-state index in [2.05, 4.69) is 22.6 Å². The Balaban J connectivity index is 2.03. The minimum atomic E-state index is -0.0705. The van der Waals surface area contributed by atoms with Gasteiger partial charge in [0.1, 0.15) is 17.6 Å². The second-order valence-electron chi connectivity index (χ2n) is 4.85. The van der Waals surface area contributed by atoms with Crippen molar-refractivity contribution in [1.29, 1.82) is 0 Å². The van der Waals surface area contributed by atoms with Gasteiger partial charge in [0.25, 0.3) is 0 Å². The molecule has 21 heavy (non-hydrogen) atoms. The van der Waals surface area contributed by atoms with Crippen molar-refractivity contribution in [2.24, 2.45) is 0 Å². The van der Waals surface area contributed by atoms with E-state index in [4.69, 9.17) is 4.42 Å². The molecule has 0 aliphatic rings. The van der Waals surface area contributed by atoms with Crippen molar-refractivity contribution in [2.75, 3.05) is 6.54 Å². The van der Waals surface area contributed by atoms with Gasteiger partial charge in [0.05, 0.1) is 17.6 Å². The van der Waals surface area contributed by atoms with Crippen LogP contribution in [0.5, 0.6) is 0 Å². The van der Waals surface area contributed by atoms with Gasteiger partial charge in [-0.3, -0.25) is 0 Å². The first kappa shape index (κ1) is 13.6. The van der Waals surface area contributed by atoms with E-state index in [1.54, 1.807) is 6.20 Å². The Hall–Kier alpha value is -2.40. The average Bonchev–Trinajstić information content (AvgIpc) is 3.15. The summed E-state index contributed by atoms with van der Waals surface area (Å²) in [6.07, 6.45) is 1.78. The number of nitrogens with zero attached hydrogens (tertiary/aromatic N) is 3. The maximum absolute atomic E-state index is 5.78. The molecule has 1 N–H and O–H groups in total. The molecular formula is C16H18N4O. The highest BCUT2D eigenvalue weighted by atomic mass is 16.3. The molecule has 0 spiro atoms. The zero-order valence-electron chi connectivity index (χ0n) is 12.2. The largest absolute Gasteiger partial charge is 0.464 e. The summed E-state index contributed by atoms with van der Waals surface area (Å²) in [5.41, 5.74) is 1.94. The summed E-state index contributed by atoms with van der Waals surface area (Å²) < 4.78 is 7.62. The molecule has 0 amide bonds. The number of hydrogen-bond donors (Lipinski definition) is 1. The van der Waals surface area contributed by atoms with Gasteiger partial charge in [-0.05, 0) is 37.7 Å². The van der Waals surface area contributed by atoms with Crippen LogP contribution in [0.1, 0.15) is 30.2 Å². The lowest BCUT2D eigenvalue weighted by Gasteiger charge is -2.16. The molecule has 0 aliphatic carbocycles. The first-order chi connectivity index (χ1) is 10.3. The minimum absolute atomic E-state index is 0.0705. The second-order valence-corrected chi connectivity index (χ2v) is 4.85. The SMILES string of the molecule is CCNC(c1ccc(C)o1)c1cnnn1-c1ccccc1. The van der Waals surface area contributed by atoms with Crippen LogP contribution >= 0.6 is 0 Å². The third-order valence-electron chi connectivity index (χ3n) is 3.33. The van der Waals surface area contributed by atoms with E-state index in [0.717, 1.165) is 29.4 Å². The molecule has 108 valence electrons. The van der Waals surface area contributed by atoms with Crippen LogP contribution in [0.15, 0.2) is 53.1 Å². The molecule has 5 heteroatoms. The third kappa shape index (κ3) is 2.73. The van der Waals surface area contributed by atoms with Gasteiger partial charge in [-0.2, -0.15) is 0 Å². The lowest BCUT2D eigenvalue weighted by Crippen LogP contribution is -2.24. The fourth-order valence-electron chi connectivity index (χ4n) is 2.37. The van der Waals surface area contributed by atoms with Crippen LogP contribution in [0.4, 0.5) is 0 Å². The molecule has 1 atom stereocenters. The zero-order valence-corrected chi connectivity index (χ0v) is 12.2. The fourth-order valence-corrected chi connectivity index (χ4v) is 2.37. The summed E-state index contributed by atoms with van der Waals surface area (Å²) in [4.78, 5) is 0. The summed E-state index contributed by atoms with van der Waals surface area (Å²) in [5.74, 6) is 1.76. The van der Waals surface area contributed by atoms with E-state index in [1.165, 1.54) is 0 Å². The number of furan rings is 1. The Labute approximate surface area is 123 Å². The van der Waals surface area contributed by atoms with E-state index < -0.39 is 0 Å². The van der Waals surface area contributed by atoms with Crippen molar-refractivity contribution < 1.29 is 4.42 Å². The average molecular weight is 282 g/mol. The van der Waals surface area contributed by atoms with E-state index in [1.807, 2.05) is 54.1 Å². The molecular weight excluding hydrogens is 264 g/mol. The lowest BCUT2D eigenvalue weighted by molar-refractivity contribution is 0.426. The zero-order chi connectivity index (χ0) is 14.7. The van der Waals surface area contributed by atoms with Crippen molar-refractivity contribution in [3.63, 3.8) is 0 Å². The molecule has 1 aromatic carbocycles. The first-order valence-corrected chi connectivity index (χ1v) is 7.05. The van der Waals surface area contributed by atoms with Crippen molar-refractivity contribution in [3.8, 4) is 5.69 Å². The monoisotopic (exact) mass is 282 g/mol. The number of hydrogen-bond acceptors (Lipinski definition) is 4. The van der Waals surface area contributed by atoms with Crippen molar-refractivity contribution >= 4 is 0 Å². The van der Waals surface area contributed by atoms with Crippen molar-refractivity contribution in [1.82, 2.24) is 20.3 Å². The molecule has 0 aliphatic heterocycles. The van der Waals surface area contributed by atoms with Crippen molar-refractivity contribution in [3.05, 3.63) is 65.9 Å². The van der Waals surface area contributed by atoms with E-state index in [-0.39, 0.29) is 6.04 Å². The third-order valence-corrected chi connectivity index (χ3v) is 3.33. The van der Waals surface area contributed by atoms with E-state index >= 15 is 0 Å². The molecule has 3 aromatic rings. The molecule has 3 rings (SSSR count). The summed E-state index contributed by atoms with van der Waals surface area (Å²) in [6, 6.07) is 13.9. The maximum Gasteiger partial charge on any atom is 0.127 e. The van der Waals surface area contributed by atoms with Crippen LogP contribution in [0.3, 0.4) is 0 Å². The smallest absolute Gasteiger partial charge is 0.127 e. The van der Waals surface area contributed by atoms with Gasteiger partial charge >= 0.3 is 0 Å². The highest BCUT2D eigenvalue weighted by Gasteiger charge is 2.22. The van der Waals surface area contributed by atoms with Gasteiger partial charge in [0.2, 0.25) is 0 Å². The van der Waals surface area contributed by atoms with Crippen LogP contribution in [0.2, 0.25) is 0 Å². The number of rotatable bonds is 5. The first-order valence-electron chi connectivity index (χ1n) is 7.05. The molecule has 2 heterocycles. The Kier molecular flexibility index (Phi) is 3.83. The summed E-state index contributed by atoms with van der Waals surface area (Å²) in [7, 11) is 0.